The lowest BCUT2D eigenvalue weighted by molar-refractivity contribution is -0.150. The maximum atomic E-state index is 14.1. The fourth-order valence-electron chi connectivity index (χ4n) is 4.07. The van der Waals surface area contributed by atoms with E-state index in [1.54, 1.807) is 69.0 Å². The van der Waals surface area contributed by atoms with Crippen molar-refractivity contribution in [3.63, 3.8) is 0 Å². The molecule has 5 N–H and O–H groups in total. The van der Waals surface area contributed by atoms with Crippen molar-refractivity contribution in [3.05, 3.63) is 36.7 Å². The highest BCUT2D eigenvalue weighted by Crippen LogP contribution is 2.55. The molecule has 15 nitrogen and oxygen atoms in total. The number of hydrogen-bond donors (Lipinski definition) is 4. The van der Waals surface area contributed by atoms with Crippen LogP contribution in [0.3, 0.4) is 0 Å². The van der Waals surface area contributed by atoms with Gasteiger partial charge < -0.3 is 19.3 Å². The summed E-state index contributed by atoms with van der Waals surface area (Å²) in [7, 11) is -0.191. The summed E-state index contributed by atoms with van der Waals surface area (Å²) < 4.78 is 40.0. The standard InChI is InChI=1S/C23H35N9O6P2/c1-13(2)35-22(33)15(4)32(39)40(34,37-16-9-7-6-8-10-16)38-30-17-11-14(3)21(36-17)31-12-26-18-19(25-5)27-23(29-24)28-20(18)31/h6-10,12-15,17,21,30H,11,24,39H2,1-5H3,(H2,25,27,28,29)/t14-,15-,17-,21+,40?/m0/s1. The molecule has 1 aliphatic heterocycles. The fourth-order valence-corrected chi connectivity index (χ4v) is 5.86. The van der Waals surface area contributed by atoms with Crippen molar-refractivity contribution in [1.29, 1.82) is 0 Å². The molecule has 6 atom stereocenters. The van der Waals surface area contributed by atoms with Crippen molar-refractivity contribution < 1.29 is 28.0 Å². The molecule has 2 aromatic heterocycles. The molecule has 2 unspecified atom stereocenters. The molecule has 218 valence electrons. The molecule has 0 aliphatic carbocycles. The van der Waals surface area contributed by atoms with Gasteiger partial charge in [-0.05, 0) is 39.3 Å². The first-order chi connectivity index (χ1) is 19.1. The van der Waals surface area contributed by atoms with Gasteiger partial charge in [0.05, 0.1) is 12.4 Å². The number of nitrogens with two attached hydrogens (primary N) is 1. The number of hydroxylamine groups is 1. The van der Waals surface area contributed by atoms with E-state index in [0.29, 0.717) is 23.4 Å². The molecule has 1 fully saturated rings. The van der Waals surface area contributed by atoms with Crippen LogP contribution in [0.15, 0.2) is 36.7 Å². The van der Waals surface area contributed by atoms with Gasteiger partial charge in [-0.25, -0.2) is 15.4 Å². The van der Waals surface area contributed by atoms with E-state index < -0.39 is 32.2 Å². The predicted octanol–water partition coefficient (Wildman–Crippen LogP) is 3.18. The number of aromatic nitrogens is 4. The molecule has 0 bridgehead atoms. The highest BCUT2D eigenvalue weighted by atomic mass is 31.2. The highest BCUT2D eigenvalue weighted by Gasteiger charge is 2.43. The number of hydrazine groups is 1. The zero-order valence-corrected chi connectivity index (χ0v) is 24.9. The average molecular weight is 596 g/mol. The summed E-state index contributed by atoms with van der Waals surface area (Å²) in [6.45, 7) is 7.00. The Hall–Kier alpha value is -2.90. The normalized spacial score (nSPS) is 21.4. The van der Waals surface area contributed by atoms with Crippen LogP contribution in [-0.2, 0) is 23.5 Å². The molecule has 1 aliphatic rings. The smallest absolute Gasteiger partial charge is 0.462 e. The van der Waals surface area contributed by atoms with Crippen LogP contribution in [0.25, 0.3) is 11.2 Å². The Bertz CT molecular complexity index is 1360. The first-order valence-electron chi connectivity index (χ1n) is 12.6. The van der Waals surface area contributed by atoms with E-state index in [-0.39, 0.29) is 23.7 Å². The van der Waals surface area contributed by atoms with E-state index in [4.69, 9.17) is 24.5 Å². The van der Waals surface area contributed by atoms with E-state index in [1.165, 1.54) is 0 Å². The molecule has 17 heteroatoms. The first-order valence-corrected chi connectivity index (χ1v) is 14.7. The summed E-state index contributed by atoms with van der Waals surface area (Å²) in [5.41, 5.74) is 6.26. The van der Waals surface area contributed by atoms with Crippen molar-refractivity contribution in [2.24, 2.45) is 11.8 Å². The molecule has 3 heterocycles. The second kappa shape index (κ2) is 12.7. The first kappa shape index (κ1) is 30.1. The average Bonchev–Trinajstić information content (AvgIpc) is 3.53. The number of nitrogens with one attached hydrogen (secondary N) is 3. The Labute approximate surface area is 234 Å². The fraction of sp³-hybridized carbons (Fsp3) is 0.478. The highest BCUT2D eigenvalue weighted by molar-refractivity contribution is 7.57. The number of rotatable bonds is 12. The van der Waals surface area contributed by atoms with Gasteiger partial charge in [-0.3, -0.25) is 14.8 Å². The number of para-hydroxylation sites is 1. The lowest BCUT2D eigenvalue weighted by Gasteiger charge is -2.30. The van der Waals surface area contributed by atoms with Crippen molar-refractivity contribution >= 4 is 46.0 Å². The quantitative estimate of drug-likeness (QED) is 0.104. The molecular weight excluding hydrogens is 560 g/mol. The van der Waals surface area contributed by atoms with Gasteiger partial charge in [-0.2, -0.15) is 24.5 Å². The molecule has 0 radical (unpaired) electrons. The lowest BCUT2D eigenvalue weighted by atomic mass is 10.1. The van der Waals surface area contributed by atoms with Gasteiger partial charge >= 0.3 is 13.7 Å². The van der Waals surface area contributed by atoms with E-state index >= 15 is 0 Å². The number of esters is 1. The minimum Gasteiger partial charge on any atom is -0.462 e. The van der Waals surface area contributed by atoms with Crippen LogP contribution in [0.1, 0.15) is 40.3 Å². The summed E-state index contributed by atoms with van der Waals surface area (Å²) in [6, 6.07) is 7.55. The Morgan fingerprint density at radius 1 is 1.27 bits per heavy atom. The number of imidazole rings is 1. The van der Waals surface area contributed by atoms with Gasteiger partial charge in [0.1, 0.15) is 24.2 Å². The van der Waals surface area contributed by atoms with Gasteiger partial charge in [0.2, 0.25) is 5.95 Å². The number of carbonyl (C=O) groups excluding carboxylic acids is 1. The molecular formula is C23H35N9O6P2. The van der Waals surface area contributed by atoms with Crippen LogP contribution in [0, 0.1) is 5.92 Å². The van der Waals surface area contributed by atoms with Gasteiger partial charge in [-0.15, -0.1) is 0 Å². The Morgan fingerprint density at radius 2 is 2.00 bits per heavy atom. The predicted molar refractivity (Wildman–Crippen MR) is 152 cm³/mol. The molecule has 4 rings (SSSR count). The van der Waals surface area contributed by atoms with Gasteiger partial charge in [0, 0.05) is 13.0 Å². The van der Waals surface area contributed by atoms with Crippen molar-refractivity contribution in [2.75, 3.05) is 17.8 Å². The lowest BCUT2D eigenvalue weighted by Crippen LogP contribution is -2.37. The van der Waals surface area contributed by atoms with Gasteiger partial charge in [0.25, 0.3) is 0 Å². The molecule has 1 saturated heterocycles. The molecule has 0 amide bonds. The van der Waals surface area contributed by atoms with Crippen molar-refractivity contribution in [3.8, 4) is 5.75 Å². The molecule has 0 spiro atoms. The number of nitrogens with zero attached hydrogens (tertiary/aromatic N) is 5. The van der Waals surface area contributed by atoms with E-state index in [1.807, 2.05) is 6.92 Å². The van der Waals surface area contributed by atoms with Gasteiger partial charge in [-0.1, -0.05) is 34.5 Å². The number of benzene rings is 1. The monoisotopic (exact) mass is 595 g/mol. The van der Waals surface area contributed by atoms with Crippen LogP contribution in [0.4, 0.5) is 11.8 Å². The summed E-state index contributed by atoms with van der Waals surface area (Å²) in [4.78, 5) is 25.7. The Balaban J connectivity index is 1.53. The number of ether oxygens (including phenoxy) is 2. The van der Waals surface area contributed by atoms with Crippen LogP contribution < -0.4 is 26.6 Å². The third-order valence-electron chi connectivity index (χ3n) is 6.07. The van der Waals surface area contributed by atoms with E-state index in [0.717, 1.165) is 4.44 Å². The summed E-state index contributed by atoms with van der Waals surface area (Å²) >= 11 is 0. The van der Waals surface area contributed by atoms with E-state index in [2.05, 4.69) is 40.6 Å². The van der Waals surface area contributed by atoms with E-state index in [9.17, 15) is 9.36 Å². The molecule has 1 aromatic carbocycles. The summed E-state index contributed by atoms with van der Waals surface area (Å²) in [6.07, 6.45) is 0.582. The third kappa shape index (κ3) is 6.52. The molecule has 3 aromatic rings. The summed E-state index contributed by atoms with van der Waals surface area (Å²) in [5, 5.41) is 2.98. The van der Waals surface area contributed by atoms with Crippen molar-refractivity contribution in [1.82, 2.24) is 29.4 Å². The van der Waals surface area contributed by atoms with Crippen LogP contribution in [0.2, 0.25) is 0 Å². The number of hydrogen-bond acceptors (Lipinski definition) is 13. The SMILES string of the molecule is CNc1nc(NN)nc2c1ncn2[C@@H]1O[C@H](NOP(=O)(Oc2ccccc2)N(P)[C@@H](C)C(=O)OC(C)C)C[C@@H]1C. The number of nitrogen functional groups attached to an aromatic ring is 1. The number of anilines is 2. The minimum atomic E-state index is -4.16. The Kier molecular flexibility index (Phi) is 9.57. The van der Waals surface area contributed by atoms with Crippen LogP contribution >= 0.6 is 17.1 Å². The third-order valence-corrected chi connectivity index (χ3v) is 9.06. The zero-order valence-electron chi connectivity index (χ0n) is 22.8. The van der Waals surface area contributed by atoms with Gasteiger partial charge in [0.15, 0.2) is 17.0 Å². The number of fused-ring (bicyclic) bond motifs is 1. The minimum absolute atomic E-state index is 0.0257. The summed E-state index contributed by atoms with van der Waals surface area (Å²) in [5.74, 6) is 5.94. The van der Waals surface area contributed by atoms with Crippen LogP contribution in [0.5, 0.6) is 5.75 Å². The maximum Gasteiger partial charge on any atom is 0.481 e. The Morgan fingerprint density at radius 3 is 2.65 bits per heavy atom. The zero-order chi connectivity index (χ0) is 29.0. The van der Waals surface area contributed by atoms with Crippen LogP contribution in [-0.4, -0.2) is 55.4 Å². The second-order valence-electron chi connectivity index (χ2n) is 9.47. The largest absolute Gasteiger partial charge is 0.481 e. The molecule has 40 heavy (non-hydrogen) atoms. The number of carbonyl (C=O) groups is 1. The van der Waals surface area contributed by atoms with Crippen molar-refractivity contribution in [2.45, 2.75) is 58.7 Å². The molecule has 0 saturated carbocycles. The second-order valence-corrected chi connectivity index (χ2v) is 12.2. The maximum absolute atomic E-state index is 14.1. The topological polar surface area (TPSA) is 180 Å².